The molecule has 1 rings (SSSR count). The lowest BCUT2D eigenvalue weighted by Gasteiger charge is -2.20. The van der Waals surface area contributed by atoms with Crippen molar-refractivity contribution in [3.05, 3.63) is 35.9 Å². The smallest absolute Gasteiger partial charge is 0.304 e. The van der Waals surface area contributed by atoms with Gasteiger partial charge in [0.1, 0.15) is 0 Å². The molecule has 1 N–H and O–H groups in total. The quantitative estimate of drug-likeness (QED) is 0.752. The van der Waals surface area contributed by atoms with Crippen LogP contribution in [0.5, 0.6) is 0 Å². The number of carboxylic acids is 1. The van der Waals surface area contributed by atoms with Crippen LogP contribution in [0.15, 0.2) is 30.3 Å². The first-order chi connectivity index (χ1) is 8.22. The Bertz CT molecular complexity index is 324. The number of carbonyl (C=O) groups is 1. The average Bonchev–Trinajstić information content (AvgIpc) is 2.34. The second kappa shape index (κ2) is 7.85. The Hall–Kier alpha value is -1.35. The van der Waals surface area contributed by atoms with Crippen LogP contribution < -0.4 is 0 Å². The number of nitrogens with zero attached hydrogens (tertiary/aromatic N) is 1. The van der Waals surface area contributed by atoms with Gasteiger partial charge in [0.25, 0.3) is 0 Å². The third kappa shape index (κ3) is 6.07. The first-order valence-electron chi connectivity index (χ1n) is 6.20. The number of rotatable bonds is 8. The molecule has 0 spiro atoms. The maximum Gasteiger partial charge on any atom is 0.304 e. The highest BCUT2D eigenvalue weighted by atomic mass is 16.4. The van der Waals surface area contributed by atoms with Crippen molar-refractivity contribution in [2.75, 3.05) is 19.6 Å². The molecule has 0 amide bonds. The van der Waals surface area contributed by atoms with E-state index in [2.05, 4.69) is 24.0 Å². The summed E-state index contributed by atoms with van der Waals surface area (Å²) >= 11 is 0. The fraction of sp³-hybridized carbons (Fsp3) is 0.500. The van der Waals surface area contributed by atoms with Gasteiger partial charge >= 0.3 is 5.97 Å². The summed E-state index contributed by atoms with van der Waals surface area (Å²) in [5.74, 6) is -0.717. The molecule has 0 saturated heterocycles. The molecule has 0 radical (unpaired) electrons. The summed E-state index contributed by atoms with van der Waals surface area (Å²) in [5.41, 5.74) is 1.31. The van der Waals surface area contributed by atoms with E-state index in [1.54, 1.807) is 0 Å². The molecule has 1 aromatic carbocycles. The molecule has 0 unspecified atom stereocenters. The van der Waals surface area contributed by atoms with Crippen LogP contribution in [0.3, 0.4) is 0 Å². The summed E-state index contributed by atoms with van der Waals surface area (Å²) in [7, 11) is 0. The highest BCUT2D eigenvalue weighted by Crippen LogP contribution is 2.02. The van der Waals surface area contributed by atoms with Crippen LogP contribution in [0.4, 0.5) is 0 Å². The molecule has 3 heteroatoms. The summed E-state index contributed by atoms with van der Waals surface area (Å²) in [6.45, 7) is 4.68. The molecule has 3 nitrogen and oxygen atoms in total. The summed E-state index contributed by atoms with van der Waals surface area (Å²) < 4.78 is 0. The van der Waals surface area contributed by atoms with Crippen LogP contribution in [-0.4, -0.2) is 35.6 Å². The van der Waals surface area contributed by atoms with E-state index < -0.39 is 5.97 Å². The first-order valence-corrected chi connectivity index (χ1v) is 6.20. The third-order valence-corrected chi connectivity index (χ3v) is 2.74. The van der Waals surface area contributed by atoms with Gasteiger partial charge in [0.15, 0.2) is 0 Å². The van der Waals surface area contributed by atoms with Crippen LogP contribution >= 0.6 is 0 Å². The molecule has 17 heavy (non-hydrogen) atoms. The number of hydrogen-bond donors (Lipinski definition) is 1. The van der Waals surface area contributed by atoms with E-state index in [0.29, 0.717) is 6.54 Å². The fourth-order valence-electron chi connectivity index (χ4n) is 1.84. The van der Waals surface area contributed by atoms with E-state index in [9.17, 15) is 4.79 Å². The molecule has 0 aliphatic carbocycles. The van der Waals surface area contributed by atoms with Gasteiger partial charge in [0.05, 0.1) is 6.42 Å². The van der Waals surface area contributed by atoms with Crippen LogP contribution in [0.2, 0.25) is 0 Å². The standard InChI is InChI=1S/C14H21NO2/c1-2-10-15(12-9-14(16)17)11-8-13-6-4-3-5-7-13/h3-7H,2,8-12H2,1H3,(H,16,17). The van der Waals surface area contributed by atoms with Gasteiger partial charge in [-0.2, -0.15) is 0 Å². The molecular formula is C14H21NO2. The SMILES string of the molecule is CCCN(CCC(=O)O)CCc1ccccc1. The number of carboxylic acid groups (broad SMARTS) is 1. The Labute approximate surface area is 103 Å². The summed E-state index contributed by atoms with van der Waals surface area (Å²) in [6.07, 6.45) is 2.28. The van der Waals surface area contributed by atoms with Gasteiger partial charge < -0.3 is 10.0 Å². The molecule has 0 fully saturated rings. The van der Waals surface area contributed by atoms with Crippen molar-refractivity contribution in [3.63, 3.8) is 0 Å². The van der Waals surface area contributed by atoms with Crippen molar-refractivity contribution < 1.29 is 9.90 Å². The van der Waals surface area contributed by atoms with Crippen molar-refractivity contribution in [2.24, 2.45) is 0 Å². The minimum absolute atomic E-state index is 0.231. The molecule has 0 aliphatic rings. The lowest BCUT2D eigenvalue weighted by Crippen LogP contribution is -2.29. The predicted octanol–water partition coefficient (Wildman–Crippen LogP) is 2.42. The highest BCUT2D eigenvalue weighted by Gasteiger charge is 2.06. The lowest BCUT2D eigenvalue weighted by molar-refractivity contribution is -0.137. The Balaban J connectivity index is 2.36. The van der Waals surface area contributed by atoms with E-state index in [0.717, 1.165) is 25.9 Å². The number of hydrogen-bond acceptors (Lipinski definition) is 2. The van der Waals surface area contributed by atoms with Gasteiger partial charge in [0.2, 0.25) is 0 Å². The van der Waals surface area contributed by atoms with Gasteiger partial charge in [-0.25, -0.2) is 0 Å². The average molecular weight is 235 g/mol. The zero-order valence-electron chi connectivity index (χ0n) is 10.4. The van der Waals surface area contributed by atoms with Crippen molar-refractivity contribution >= 4 is 5.97 Å². The summed E-state index contributed by atoms with van der Waals surface area (Å²) in [5, 5.41) is 8.69. The zero-order valence-corrected chi connectivity index (χ0v) is 10.4. The minimum atomic E-state index is -0.717. The van der Waals surface area contributed by atoms with Gasteiger partial charge in [-0.1, -0.05) is 37.3 Å². The normalized spacial score (nSPS) is 10.7. The van der Waals surface area contributed by atoms with Gasteiger partial charge in [-0.05, 0) is 24.9 Å². The molecule has 94 valence electrons. The molecule has 0 aromatic heterocycles. The van der Waals surface area contributed by atoms with Gasteiger partial charge in [-0.3, -0.25) is 4.79 Å². The lowest BCUT2D eigenvalue weighted by atomic mass is 10.1. The Morgan fingerprint density at radius 1 is 1.18 bits per heavy atom. The van der Waals surface area contributed by atoms with Gasteiger partial charge in [0, 0.05) is 13.1 Å². The molecule has 1 aromatic rings. The summed E-state index contributed by atoms with van der Waals surface area (Å²) in [6, 6.07) is 10.3. The van der Waals surface area contributed by atoms with Crippen LogP contribution in [-0.2, 0) is 11.2 Å². The topological polar surface area (TPSA) is 40.5 Å². The Morgan fingerprint density at radius 3 is 2.47 bits per heavy atom. The monoisotopic (exact) mass is 235 g/mol. The van der Waals surface area contributed by atoms with E-state index in [1.807, 2.05) is 18.2 Å². The van der Waals surface area contributed by atoms with Crippen molar-refractivity contribution in [2.45, 2.75) is 26.2 Å². The van der Waals surface area contributed by atoms with Crippen molar-refractivity contribution in [3.8, 4) is 0 Å². The minimum Gasteiger partial charge on any atom is -0.481 e. The Kier molecular flexibility index (Phi) is 6.33. The van der Waals surface area contributed by atoms with Crippen LogP contribution in [0, 0.1) is 0 Å². The maximum atomic E-state index is 10.6. The molecule has 0 saturated carbocycles. The van der Waals surface area contributed by atoms with Crippen molar-refractivity contribution in [1.29, 1.82) is 0 Å². The van der Waals surface area contributed by atoms with E-state index in [1.165, 1.54) is 5.56 Å². The Morgan fingerprint density at radius 2 is 1.88 bits per heavy atom. The summed E-state index contributed by atoms with van der Waals surface area (Å²) in [4.78, 5) is 12.8. The van der Waals surface area contributed by atoms with Crippen LogP contribution in [0.25, 0.3) is 0 Å². The second-order valence-electron chi connectivity index (χ2n) is 4.22. The largest absolute Gasteiger partial charge is 0.481 e. The molecule has 0 heterocycles. The predicted molar refractivity (Wildman–Crippen MR) is 69.1 cm³/mol. The van der Waals surface area contributed by atoms with Crippen LogP contribution in [0.1, 0.15) is 25.3 Å². The third-order valence-electron chi connectivity index (χ3n) is 2.74. The van der Waals surface area contributed by atoms with E-state index >= 15 is 0 Å². The fourth-order valence-corrected chi connectivity index (χ4v) is 1.84. The molecule has 0 bridgehead atoms. The molecule has 0 atom stereocenters. The number of benzene rings is 1. The van der Waals surface area contributed by atoms with E-state index in [-0.39, 0.29) is 6.42 Å². The first kappa shape index (κ1) is 13.7. The van der Waals surface area contributed by atoms with Gasteiger partial charge in [-0.15, -0.1) is 0 Å². The highest BCUT2D eigenvalue weighted by molar-refractivity contribution is 5.66. The molecule has 0 aliphatic heterocycles. The zero-order chi connectivity index (χ0) is 12.5. The second-order valence-corrected chi connectivity index (χ2v) is 4.22. The molecular weight excluding hydrogens is 214 g/mol. The number of aliphatic carboxylic acids is 1. The van der Waals surface area contributed by atoms with E-state index in [4.69, 9.17) is 5.11 Å². The maximum absolute atomic E-state index is 10.6. The van der Waals surface area contributed by atoms with Crippen molar-refractivity contribution in [1.82, 2.24) is 4.90 Å².